The molecule has 1 unspecified atom stereocenters. The van der Waals surface area contributed by atoms with Crippen LogP contribution < -0.4 is 5.32 Å². The third kappa shape index (κ3) is 4.31. The Hall–Kier alpha value is -1.97. The van der Waals surface area contributed by atoms with Crippen LogP contribution in [-0.2, 0) is 13.0 Å². The van der Waals surface area contributed by atoms with Gasteiger partial charge in [-0.25, -0.2) is 4.98 Å². The number of aromatic nitrogens is 1. The van der Waals surface area contributed by atoms with Crippen molar-refractivity contribution in [2.24, 2.45) is 0 Å². The van der Waals surface area contributed by atoms with E-state index in [0.29, 0.717) is 0 Å². The average Bonchev–Trinajstić information content (AvgIpc) is 3.05. The summed E-state index contributed by atoms with van der Waals surface area (Å²) < 4.78 is 0. The quantitative estimate of drug-likeness (QED) is 0.634. The molecule has 3 heteroatoms. The second kappa shape index (κ2) is 8.22. The van der Waals surface area contributed by atoms with Gasteiger partial charge in [0.1, 0.15) is 0 Å². The van der Waals surface area contributed by atoms with Crippen LogP contribution in [0.2, 0.25) is 0 Å². The molecule has 0 aliphatic carbocycles. The second-order valence-electron chi connectivity index (χ2n) is 6.12. The first-order valence-corrected chi connectivity index (χ1v) is 9.42. The summed E-state index contributed by atoms with van der Waals surface area (Å²) in [5, 5.41) is 7.10. The van der Waals surface area contributed by atoms with Gasteiger partial charge in [0, 0.05) is 11.9 Å². The molecule has 2 nitrogen and oxygen atoms in total. The maximum Gasteiger partial charge on any atom is 0.0928 e. The normalized spacial score (nSPS) is 12.2. The van der Waals surface area contributed by atoms with Crippen LogP contribution in [0, 0.1) is 6.92 Å². The molecule has 1 atom stereocenters. The first-order valence-electron chi connectivity index (χ1n) is 8.54. The van der Waals surface area contributed by atoms with E-state index in [1.165, 1.54) is 21.7 Å². The molecule has 1 heterocycles. The standard InChI is InChI=1S/C21H24N2S/c1-3-7-20-23-19(15-24-20)14-22-21(17-8-5-4-6-9-17)18-12-10-16(2)11-13-18/h4-6,8-13,15,21-22H,3,7,14H2,1-2H3. The van der Waals surface area contributed by atoms with E-state index in [9.17, 15) is 0 Å². The lowest BCUT2D eigenvalue weighted by Gasteiger charge is -2.19. The number of thiazole rings is 1. The summed E-state index contributed by atoms with van der Waals surface area (Å²) in [6.45, 7) is 5.11. The van der Waals surface area contributed by atoms with Gasteiger partial charge in [-0.1, -0.05) is 67.1 Å². The maximum absolute atomic E-state index is 4.73. The Labute approximate surface area is 148 Å². The van der Waals surface area contributed by atoms with Crippen LogP contribution in [-0.4, -0.2) is 4.98 Å². The molecule has 1 aromatic heterocycles. The zero-order valence-electron chi connectivity index (χ0n) is 14.3. The predicted octanol–water partition coefficient (Wildman–Crippen LogP) is 5.28. The van der Waals surface area contributed by atoms with Crippen molar-refractivity contribution in [3.63, 3.8) is 0 Å². The number of nitrogens with one attached hydrogen (secondary N) is 1. The minimum absolute atomic E-state index is 0.183. The van der Waals surface area contributed by atoms with Crippen LogP contribution in [0.15, 0.2) is 60.0 Å². The Kier molecular flexibility index (Phi) is 5.78. The third-order valence-corrected chi connectivity index (χ3v) is 5.05. The molecule has 0 saturated carbocycles. The van der Waals surface area contributed by atoms with Gasteiger partial charge in [0.25, 0.3) is 0 Å². The number of benzene rings is 2. The van der Waals surface area contributed by atoms with E-state index in [1.807, 2.05) is 0 Å². The van der Waals surface area contributed by atoms with Crippen LogP contribution in [0.25, 0.3) is 0 Å². The summed E-state index contributed by atoms with van der Waals surface area (Å²) in [5.74, 6) is 0. The number of rotatable bonds is 7. The molecule has 0 spiro atoms. The van der Waals surface area contributed by atoms with Crippen molar-refractivity contribution in [1.82, 2.24) is 10.3 Å². The molecule has 0 aliphatic rings. The molecule has 3 aromatic rings. The molecule has 24 heavy (non-hydrogen) atoms. The van der Waals surface area contributed by atoms with Gasteiger partial charge in [0.15, 0.2) is 0 Å². The van der Waals surface area contributed by atoms with Crippen molar-refractivity contribution in [1.29, 1.82) is 0 Å². The van der Waals surface area contributed by atoms with E-state index in [-0.39, 0.29) is 6.04 Å². The van der Waals surface area contributed by atoms with E-state index in [4.69, 9.17) is 4.98 Å². The molecule has 2 aromatic carbocycles. The van der Waals surface area contributed by atoms with Crippen molar-refractivity contribution >= 4 is 11.3 Å². The summed E-state index contributed by atoms with van der Waals surface area (Å²) in [6.07, 6.45) is 2.22. The summed E-state index contributed by atoms with van der Waals surface area (Å²) >= 11 is 1.77. The maximum atomic E-state index is 4.73. The van der Waals surface area contributed by atoms with Crippen LogP contribution >= 0.6 is 11.3 Å². The van der Waals surface area contributed by atoms with Gasteiger partial charge < -0.3 is 5.32 Å². The van der Waals surface area contributed by atoms with Gasteiger partial charge in [0.2, 0.25) is 0 Å². The highest BCUT2D eigenvalue weighted by atomic mass is 32.1. The van der Waals surface area contributed by atoms with Crippen molar-refractivity contribution < 1.29 is 0 Å². The monoisotopic (exact) mass is 336 g/mol. The van der Waals surface area contributed by atoms with Crippen LogP contribution in [0.3, 0.4) is 0 Å². The fraction of sp³-hybridized carbons (Fsp3) is 0.286. The van der Waals surface area contributed by atoms with Gasteiger partial charge in [-0.05, 0) is 30.9 Å². The van der Waals surface area contributed by atoms with E-state index < -0.39 is 0 Å². The summed E-state index contributed by atoms with van der Waals surface area (Å²) in [5.41, 5.74) is 4.99. The van der Waals surface area contributed by atoms with Crippen LogP contribution in [0.5, 0.6) is 0 Å². The number of hydrogen-bond acceptors (Lipinski definition) is 3. The van der Waals surface area contributed by atoms with E-state index in [2.05, 4.69) is 79.1 Å². The number of aryl methyl sites for hydroxylation is 2. The minimum atomic E-state index is 0.183. The Morgan fingerprint density at radius 2 is 1.71 bits per heavy atom. The minimum Gasteiger partial charge on any atom is -0.301 e. The van der Waals surface area contributed by atoms with Crippen molar-refractivity contribution in [3.05, 3.63) is 87.4 Å². The topological polar surface area (TPSA) is 24.9 Å². The lowest BCUT2D eigenvalue weighted by atomic mass is 9.98. The molecular weight excluding hydrogens is 312 g/mol. The fourth-order valence-electron chi connectivity index (χ4n) is 2.80. The van der Waals surface area contributed by atoms with Gasteiger partial charge >= 0.3 is 0 Å². The third-order valence-electron chi connectivity index (χ3n) is 4.09. The van der Waals surface area contributed by atoms with Crippen molar-refractivity contribution in [3.8, 4) is 0 Å². The first kappa shape index (κ1) is 16.9. The highest BCUT2D eigenvalue weighted by Crippen LogP contribution is 2.23. The smallest absolute Gasteiger partial charge is 0.0928 e. The largest absolute Gasteiger partial charge is 0.301 e. The zero-order valence-corrected chi connectivity index (χ0v) is 15.1. The van der Waals surface area contributed by atoms with E-state index in [0.717, 1.165) is 25.1 Å². The Morgan fingerprint density at radius 1 is 1.00 bits per heavy atom. The van der Waals surface area contributed by atoms with Gasteiger partial charge in [-0.3, -0.25) is 0 Å². The molecule has 0 radical (unpaired) electrons. The molecule has 0 fully saturated rings. The molecule has 1 N–H and O–H groups in total. The Morgan fingerprint density at radius 3 is 2.42 bits per heavy atom. The Bertz CT molecular complexity index is 747. The molecular formula is C21H24N2S. The molecule has 0 amide bonds. The molecule has 0 aliphatic heterocycles. The predicted molar refractivity (Wildman–Crippen MR) is 102 cm³/mol. The summed E-state index contributed by atoms with van der Waals surface area (Å²) in [6, 6.07) is 19.6. The van der Waals surface area contributed by atoms with Gasteiger partial charge in [0.05, 0.1) is 16.7 Å². The van der Waals surface area contributed by atoms with Crippen molar-refractivity contribution in [2.45, 2.75) is 39.3 Å². The molecule has 124 valence electrons. The molecule has 3 rings (SSSR count). The number of hydrogen-bond donors (Lipinski definition) is 1. The van der Waals surface area contributed by atoms with Gasteiger partial charge in [-0.15, -0.1) is 11.3 Å². The SMILES string of the molecule is CCCc1nc(CNC(c2ccccc2)c2ccc(C)cc2)cs1. The van der Waals surface area contributed by atoms with Crippen LogP contribution in [0.4, 0.5) is 0 Å². The summed E-state index contributed by atoms with van der Waals surface area (Å²) in [4.78, 5) is 4.73. The van der Waals surface area contributed by atoms with Crippen LogP contribution in [0.1, 0.15) is 46.8 Å². The van der Waals surface area contributed by atoms with Crippen molar-refractivity contribution in [2.75, 3.05) is 0 Å². The van der Waals surface area contributed by atoms with E-state index in [1.54, 1.807) is 11.3 Å². The first-order chi connectivity index (χ1) is 11.8. The fourth-order valence-corrected chi connectivity index (χ4v) is 3.70. The lowest BCUT2D eigenvalue weighted by molar-refractivity contribution is 0.597. The highest BCUT2D eigenvalue weighted by Gasteiger charge is 2.14. The van der Waals surface area contributed by atoms with E-state index >= 15 is 0 Å². The lowest BCUT2D eigenvalue weighted by Crippen LogP contribution is -2.22. The summed E-state index contributed by atoms with van der Waals surface area (Å²) in [7, 11) is 0. The zero-order chi connectivity index (χ0) is 16.8. The Balaban J connectivity index is 1.78. The average molecular weight is 337 g/mol. The highest BCUT2D eigenvalue weighted by molar-refractivity contribution is 7.09. The number of nitrogens with zero attached hydrogens (tertiary/aromatic N) is 1. The molecule has 0 bridgehead atoms. The van der Waals surface area contributed by atoms with Gasteiger partial charge in [-0.2, -0.15) is 0 Å². The molecule has 0 saturated heterocycles. The second-order valence-corrected chi connectivity index (χ2v) is 7.06.